The van der Waals surface area contributed by atoms with E-state index < -0.39 is 0 Å². The van der Waals surface area contributed by atoms with Crippen molar-refractivity contribution >= 4 is 11.3 Å². The zero-order valence-corrected chi connectivity index (χ0v) is 11.2. The third kappa shape index (κ3) is 3.03. The molecule has 1 N–H and O–H groups in total. The van der Waals surface area contributed by atoms with Gasteiger partial charge in [0, 0.05) is 37.1 Å². The largest absolute Gasteiger partial charge is 0.309 e. The molecule has 2 atom stereocenters. The first kappa shape index (κ1) is 12.0. The Balaban J connectivity index is 1.93. The Morgan fingerprint density at radius 1 is 1.44 bits per heavy atom. The number of thiazole rings is 1. The standard InChI is InChI=1S/C12H21N3S/c1-4-12-14-11(8-16-12)7-15-5-9(2)13-10(3)6-15/h8-10,13H,4-7H2,1-3H3. The molecule has 1 aromatic rings. The van der Waals surface area contributed by atoms with Crippen molar-refractivity contribution in [2.75, 3.05) is 13.1 Å². The van der Waals surface area contributed by atoms with Gasteiger partial charge in [0.2, 0.25) is 0 Å². The van der Waals surface area contributed by atoms with Crippen molar-refractivity contribution in [1.29, 1.82) is 0 Å². The van der Waals surface area contributed by atoms with Gasteiger partial charge in [0.15, 0.2) is 0 Å². The van der Waals surface area contributed by atoms with Gasteiger partial charge in [0.25, 0.3) is 0 Å². The molecule has 1 aromatic heterocycles. The highest BCUT2D eigenvalue weighted by molar-refractivity contribution is 7.09. The first-order chi connectivity index (χ1) is 7.67. The summed E-state index contributed by atoms with van der Waals surface area (Å²) < 4.78 is 0. The van der Waals surface area contributed by atoms with Crippen LogP contribution in [0.2, 0.25) is 0 Å². The van der Waals surface area contributed by atoms with E-state index in [-0.39, 0.29) is 0 Å². The predicted molar refractivity (Wildman–Crippen MR) is 68.8 cm³/mol. The van der Waals surface area contributed by atoms with E-state index in [4.69, 9.17) is 0 Å². The van der Waals surface area contributed by atoms with E-state index in [1.54, 1.807) is 11.3 Å². The molecule has 2 rings (SSSR count). The summed E-state index contributed by atoms with van der Waals surface area (Å²) in [4.78, 5) is 7.13. The molecule has 0 aromatic carbocycles. The van der Waals surface area contributed by atoms with Crippen LogP contribution in [0.25, 0.3) is 0 Å². The molecule has 1 aliphatic heterocycles. The van der Waals surface area contributed by atoms with Crippen molar-refractivity contribution in [3.05, 3.63) is 16.1 Å². The van der Waals surface area contributed by atoms with E-state index in [2.05, 4.69) is 41.4 Å². The summed E-state index contributed by atoms with van der Waals surface area (Å²) in [7, 11) is 0. The van der Waals surface area contributed by atoms with E-state index in [1.807, 2.05) is 0 Å². The van der Waals surface area contributed by atoms with Crippen LogP contribution < -0.4 is 5.32 Å². The Morgan fingerprint density at radius 3 is 2.69 bits per heavy atom. The topological polar surface area (TPSA) is 28.2 Å². The van der Waals surface area contributed by atoms with Crippen molar-refractivity contribution in [2.24, 2.45) is 0 Å². The quantitative estimate of drug-likeness (QED) is 0.873. The summed E-state index contributed by atoms with van der Waals surface area (Å²) in [6.07, 6.45) is 1.05. The zero-order valence-electron chi connectivity index (χ0n) is 10.4. The SMILES string of the molecule is CCc1nc(CN2CC(C)NC(C)C2)cs1. The summed E-state index contributed by atoms with van der Waals surface area (Å²) in [5.74, 6) is 0. The molecule has 0 bridgehead atoms. The maximum Gasteiger partial charge on any atom is 0.0926 e. The molecule has 1 saturated heterocycles. The van der Waals surface area contributed by atoms with Crippen LogP contribution >= 0.6 is 11.3 Å². The molecule has 1 fully saturated rings. The van der Waals surface area contributed by atoms with Crippen molar-refractivity contribution in [3.63, 3.8) is 0 Å². The highest BCUT2D eigenvalue weighted by Crippen LogP contribution is 2.14. The van der Waals surface area contributed by atoms with Crippen LogP contribution in [0.5, 0.6) is 0 Å². The number of hydrogen-bond donors (Lipinski definition) is 1. The summed E-state index contributed by atoms with van der Waals surface area (Å²) in [5, 5.41) is 7.01. The third-order valence-corrected chi connectivity index (χ3v) is 3.96. The molecule has 0 radical (unpaired) electrons. The molecule has 90 valence electrons. The molecule has 0 saturated carbocycles. The Morgan fingerprint density at radius 2 is 2.12 bits per heavy atom. The molecule has 3 nitrogen and oxygen atoms in total. The van der Waals surface area contributed by atoms with Crippen LogP contribution in [-0.2, 0) is 13.0 Å². The molecule has 2 heterocycles. The fraction of sp³-hybridized carbons (Fsp3) is 0.750. The predicted octanol–water partition coefficient (Wildman–Crippen LogP) is 1.89. The van der Waals surface area contributed by atoms with E-state index in [0.717, 1.165) is 26.1 Å². The molecule has 2 unspecified atom stereocenters. The number of aromatic nitrogens is 1. The lowest BCUT2D eigenvalue weighted by Gasteiger charge is -2.35. The second-order valence-corrected chi connectivity index (χ2v) is 5.69. The minimum absolute atomic E-state index is 0.591. The minimum atomic E-state index is 0.591. The van der Waals surface area contributed by atoms with Gasteiger partial charge in [0.05, 0.1) is 10.7 Å². The summed E-state index contributed by atoms with van der Waals surface area (Å²) in [5.41, 5.74) is 1.24. The van der Waals surface area contributed by atoms with Gasteiger partial charge in [-0.1, -0.05) is 6.92 Å². The fourth-order valence-electron chi connectivity index (χ4n) is 2.38. The normalized spacial score (nSPS) is 27.2. The Labute approximate surface area is 102 Å². The maximum absolute atomic E-state index is 4.63. The number of aryl methyl sites for hydroxylation is 1. The van der Waals surface area contributed by atoms with Crippen LogP contribution in [0.3, 0.4) is 0 Å². The van der Waals surface area contributed by atoms with Crippen LogP contribution in [-0.4, -0.2) is 35.1 Å². The van der Waals surface area contributed by atoms with Crippen LogP contribution in [0.4, 0.5) is 0 Å². The number of nitrogens with zero attached hydrogens (tertiary/aromatic N) is 2. The first-order valence-electron chi connectivity index (χ1n) is 6.09. The summed E-state index contributed by atoms with van der Waals surface area (Å²) >= 11 is 1.79. The Hall–Kier alpha value is -0.450. The van der Waals surface area contributed by atoms with Crippen molar-refractivity contribution in [1.82, 2.24) is 15.2 Å². The van der Waals surface area contributed by atoms with Crippen LogP contribution in [0.1, 0.15) is 31.5 Å². The van der Waals surface area contributed by atoms with Gasteiger partial charge in [-0.15, -0.1) is 11.3 Å². The molecule has 16 heavy (non-hydrogen) atoms. The number of hydrogen-bond acceptors (Lipinski definition) is 4. The Kier molecular flexibility index (Phi) is 3.95. The highest BCUT2D eigenvalue weighted by atomic mass is 32.1. The van der Waals surface area contributed by atoms with E-state index in [9.17, 15) is 0 Å². The van der Waals surface area contributed by atoms with E-state index >= 15 is 0 Å². The molecular formula is C12H21N3S. The van der Waals surface area contributed by atoms with Gasteiger partial charge in [-0.25, -0.2) is 4.98 Å². The lowest BCUT2D eigenvalue weighted by Crippen LogP contribution is -2.53. The second kappa shape index (κ2) is 5.25. The Bertz CT molecular complexity index is 327. The number of piperazine rings is 1. The number of rotatable bonds is 3. The molecule has 1 aliphatic rings. The first-order valence-corrected chi connectivity index (χ1v) is 6.97. The molecule has 0 spiro atoms. The van der Waals surface area contributed by atoms with Gasteiger partial charge in [0.1, 0.15) is 0 Å². The fourth-order valence-corrected chi connectivity index (χ4v) is 3.12. The summed E-state index contributed by atoms with van der Waals surface area (Å²) in [6, 6.07) is 1.18. The molecule has 4 heteroatoms. The highest BCUT2D eigenvalue weighted by Gasteiger charge is 2.21. The molecular weight excluding hydrogens is 218 g/mol. The average molecular weight is 239 g/mol. The molecule has 0 aliphatic carbocycles. The lowest BCUT2D eigenvalue weighted by atomic mass is 10.1. The monoisotopic (exact) mass is 239 g/mol. The van der Waals surface area contributed by atoms with E-state index in [0.29, 0.717) is 12.1 Å². The van der Waals surface area contributed by atoms with Crippen molar-refractivity contribution in [2.45, 2.75) is 45.8 Å². The van der Waals surface area contributed by atoms with Crippen LogP contribution in [0.15, 0.2) is 5.38 Å². The lowest BCUT2D eigenvalue weighted by molar-refractivity contribution is 0.165. The third-order valence-electron chi connectivity index (χ3n) is 2.92. The summed E-state index contributed by atoms with van der Waals surface area (Å²) in [6.45, 7) is 9.93. The smallest absolute Gasteiger partial charge is 0.0926 e. The average Bonchev–Trinajstić information content (AvgIpc) is 2.64. The van der Waals surface area contributed by atoms with Crippen molar-refractivity contribution in [3.8, 4) is 0 Å². The maximum atomic E-state index is 4.63. The van der Waals surface area contributed by atoms with Gasteiger partial charge in [-0.2, -0.15) is 0 Å². The van der Waals surface area contributed by atoms with Gasteiger partial charge >= 0.3 is 0 Å². The number of nitrogens with one attached hydrogen (secondary N) is 1. The van der Waals surface area contributed by atoms with E-state index in [1.165, 1.54) is 10.7 Å². The second-order valence-electron chi connectivity index (χ2n) is 4.75. The molecule has 0 amide bonds. The van der Waals surface area contributed by atoms with Crippen LogP contribution in [0, 0.1) is 0 Å². The van der Waals surface area contributed by atoms with Gasteiger partial charge < -0.3 is 5.32 Å². The minimum Gasteiger partial charge on any atom is -0.309 e. The van der Waals surface area contributed by atoms with Gasteiger partial charge in [-0.05, 0) is 20.3 Å². The van der Waals surface area contributed by atoms with Gasteiger partial charge in [-0.3, -0.25) is 4.90 Å². The zero-order chi connectivity index (χ0) is 11.5. The van der Waals surface area contributed by atoms with Crippen molar-refractivity contribution < 1.29 is 0 Å².